The zero-order chi connectivity index (χ0) is 16.6. The van der Waals surface area contributed by atoms with E-state index in [9.17, 15) is 9.59 Å². The lowest BCUT2D eigenvalue weighted by Crippen LogP contribution is -2.46. The van der Waals surface area contributed by atoms with Crippen LogP contribution in [0, 0.1) is 5.41 Å². The average molecular weight is 315 g/mol. The third-order valence-corrected chi connectivity index (χ3v) is 4.02. The van der Waals surface area contributed by atoms with Crippen LogP contribution in [0.2, 0.25) is 0 Å². The van der Waals surface area contributed by atoms with Crippen molar-refractivity contribution < 1.29 is 14.3 Å². The Morgan fingerprint density at radius 1 is 1.35 bits per heavy atom. The molecule has 0 saturated carbocycles. The van der Waals surface area contributed by atoms with E-state index in [2.05, 4.69) is 15.6 Å². The van der Waals surface area contributed by atoms with Crippen LogP contribution in [-0.4, -0.2) is 29.6 Å². The van der Waals surface area contributed by atoms with Crippen molar-refractivity contribution >= 4 is 22.9 Å². The molecule has 3 rings (SSSR count). The van der Waals surface area contributed by atoms with Gasteiger partial charge >= 0.3 is 6.09 Å². The number of ether oxygens (including phenoxy) is 1. The fourth-order valence-electron chi connectivity index (χ4n) is 2.68. The number of benzene rings is 1. The van der Waals surface area contributed by atoms with Gasteiger partial charge in [0.15, 0.2) is 0 Å². The quantitative estimate of drug-likeness (QED) is 0.813. The Morgan fingerprint density at radius 2 is 2.09 bits per heavy atom. The van der Waals surface area contributed by atoms with Crippen LogP contribution in [0.15, 0.2) is 30.5 Å². The fraction of sp³-hybridized carbons (Fsp3) is 0.412. The van der Waals surface area contributed by atoms with Crippen molar-refractivity contribution in [3.63, 3.8) is 0 Å². The number of aromatic nitrogens is 1. The highest BCUT2D eigenvalue weighted by Crippen LogP contribution is 2.29. The van der Waals surface area contributed by atoms with E-state index in [4.69, 9.17) is 4.74 Å². The molecule has 0 aliphatic carbocycles. The van der Waals surface area contributed by atoms with Crippen LogP contribution >= 0.6 is 0 Å². The lowest BCUT2D eigenvalue weighted by atomic mass is 9.93. The Morgan fingerprint density at radius 3 is 2.74 bits per heavy atom. The van der Waals surface area contributed by atoms with Crippen molar-refractivity contribution in [1.82, 2.24) is 15.6 Å². The zero-order valence-electron chi connectivity index (χ0n) is 13.5. The van der Waals surface area contributed by atoms with Crippen LogP contribution in [0.3, 0.4) is 0 Å². The standard InChI is InChI=1S/C17H21N3O3/c1-17(2,3)15(21)20-14(13-9-23-16(22)19-13)11-8-18-12-7-5-4-6-10(11)12/h4-8,13-14,18H,9H2,1-3H3,(H,19,22)(H,20,21)/t13-,14-/m1/s1. The summed E-state index contributed by atoms with van der Waals surface area (Å²) in [5.74, 6) is -0.0751. The Kier molecular flexibility index (Phi) is 3.75. The molecule has 0 unspecified atom stereocenters. The van der Waals surface area contributed by atoms with E-state index in [1.165, 1.54) is 0 Å². The monoisotopic (exact) mass is 315 g/mol. The minimum absolute atomic E-state index is 0.0751. The summed E-state index contributed by atoms with van der Waals surface area (Å²) >= 11 is 0. The molecule has 6 heteroatoms. The molecule has 1 fully saturated rings. The molecule has 122 valence electrons. The molecule has 1 aromatic heterocycles. The summed E-state index contributed by atoms with van der Waals surface area (Å²) in [6.07, 6.45) is 1.42. The van der Waals surface area contributed by atoms with Gasteiger partial charge in [-0.05, 0) is 6.07 Å². The number of H-pyrrole nitrogens is 1. The van der Waals surface area contributed by atoms with Crippen LogP contribution < -0.4 is 10.6 Å². The molecule has 2 amide bonds. The SMILES string of the molecule is CC(C)(C)C(=O)N[C@H](c1c[nH]c2ccccc12)[C@H]1COC(=O)N1. The molecule has 1 aliphatic rings. The summed E-state index contributed by atoms with van der Waals surface area (Å²) in [7, 11) is 0. The van der Waals surface area contributed by atoms with Gasteiger partial charge < -0.3 is 20.4 Å². The number of rotatable bonds is 3. The van der Waals surface area contributed by atoms with Crippen LogP contribution in [0.5, 0.6) is 0 Å². The number of amides is 2. The third-order valence-electron chi connectivity index (χ3n) is 4.02. The molecule has 0 radical (unpaired) electrons. The second kappa shape index (κ2) is 5.61. The van der Waals surface area contributed by atoms with Crippen LogP contribution in [0.4, 0.5) is 4.79 Å². The Labute approximate surface area is 134 Å². The number of para-hydroxylation sites is 1. The highest BCUT2D eigenvalue weighted by molar-refractivity contribution is 5.86. The molecule has 2 atom stereocenters. The summed E-state index contributed by atoms with van der Waals surface area (Å²) in [4.78, 5) is 27.1. The van der Waals surface area contributed by atoms with Gasteiger partial charge in [0, 0.05) is 28.1 Å². The van der Waals surface area contributed by atoms with Crippen molar-refractivity contribution in [2.24, 2.45) is 5.41 Å². The topological polar surface area (TPSA) is 83.2 Å². The third kappa shape index (κ3) is 3.02. The van der Waals surface area contributed by atoms with E-state index in [1.54, 1.807) is 0 Å². The molecule has 3 N–H and O–H groups in total. The first-order valence-corrected chi connectivity index (χ1v) is 7.66. The van der Waals surface area contributed by atoms with E-state index in [0.29, 0.717) is 0 Å². The number of nitrogens with one attached hydrogen (secondary N) is 3. The van der Waals surface area contributed by atoms with Crippen molar-refractivity contribution in [2.75, 3.05) is 6.61 Å². The van der Waals surface area contributed by atoms with Gasteiger partial charge in [-0.1, -0.05) is 39.0 Å². The molecular weight excluding hydrogens is 294 g/mol. The van der Waals surface area contributed by atoms with E-state index >= 15 is 0 Å². The van der Waals surface area contributed by atoms with Gasteiger partial charge in [-0.25, -0.2) is 4.79 Å². The molecule has 0 bridgehead atoms. The number of hydrogen-bond donors (Lipinski definition) is 3. The summed E-state index contributed by atoms with van der Waals surface area (Å²) in [6.45, 7) is 5.81. The summed E-state index contributed by atoms with van der Waals surface area (Å²) < 4.78 is 5.01. The van der Waals surface area contributed by atoms with Crippen molar-refractivity contribution in [1.29, 1.82) is 0 Å². The number of carbonyl (C=O) groups excluding carboxylic acids is 2. The lowest BCUT2D eigenvalue weighted by molar-refractivity contribution is -0.129. The van der Waals surface area contributed by atoms with Gasteiger partial charge in [0.05, 0.1) is 12.1 Å². The molecular formula is C17H21N3O3. The predicted molar refractivity (Wildman–Crippen MR) is 86.9 cm³/mol. The number of hydrogen-bond acceptors (Lipinski definition) is 3. The van der Waals surface area contributed by atoms with Gasteiger partial charge in [-0.15, -0.1) is 0 Å². The molecule has 23 heavy (non-hydrogen) atoms. The van der Waals surface area contributed by atoms with Crippen LogP contribution in [-0.2, 0) is 9.53 Å². The first-order valence-electron chi connectivity index (χ1n) is 7.66. The molecule has 2 aromatic rings. The van der Waals surface area contributed by atoms with E-state index < -0.39 is 11.5 Å². The summed E-state index contributed by atoms with van der Waals surface area (Å²) in [6, 6.07) is 7.22. The van der Waals surface area contributed by atoms with E-state index in [-0.39, 0.29) is 24.6 Å². The first-order chi connectivity index (χ1) is 10.9. The molecule has 1 aromatic carbocycles. The largest absolute Gasteiger partial charge is 0.447 e. The lowest BCUT2D eigenvalue weighted by Gasteiger charge is -2.27. The first kappa shape index (κ1) is 15.4. The Balaban J connectivity index is 1.98. The molecule has 6 nitrogen and oxygen atoms in total. The van der Waals surface area contributed by atoms with Gasteiger partial charge in [0.1, 0.15) is 6.61 Å². The smallest absolute Gasteiger partial charge is 0.407 e. The van der Waals surface area contributed by atoms with Crippen LogP contribution in [0.1, 0.15) is 32.4 Å². The zero-order valence-corrected chi connectivity index (χ0v) is 13.5. The normalized spacial score (nSPS) is 19.3. The highest BCUT2D eigenvalue weighted by Gasteiger charge is 2.35. The number of aromatic amines is 1. The second-order valence-corrected chi connectivity index (χ2v) is 6.84. The summed E-state index contributed by atoms with van der Waals surface area (Å²) in [5, 5.41) is 6.86. The molecule has 0 spiro atoms. The molecule has 2 heterocycles. The predicted octanol–water partition coefficient (Wildman–Crippen LogP) is 2.48. The van der Waals surface area contributed by atoms with Gasteiger partial charge in [0.25, 0.3) is 0 Å². The maximum atomic E-state index is 12.5. The maximum Gasteiger partial charge on any atom is 0.407 e. The van der Waals surface area contributed by atoms with Crippen molar-refractivity contribution in [2.45, 2.75) is 32.9 Å². The highest BCUT2D eigenvalue weighted by atomic mass is 16.6. The second-order valence-electron chi connectivity index (χ2n) is 6.84. The Bertz CT molecular complexity index is 745. The van der Waals surface area contributed by atoms with Gasteiger partial charge in [-0.3, -0.25) is 4.79 Å². The van der Waals surface area contributed by atoms with Crippen molar-refractivity contribution in [3.8, 4) is 0 Å². The van der Waals surface area contributed by atoms with Crippen LogP contribution in [0.25, 0.3) is 10.9 Å². The Hall–Kier alpha value is -2.50. The minimum Gasteiger partial charge on any atom is -0.447 e. The number of fused-ring (bicyclic) bond motifs is 1. The molecule has 1 saturated heterocycles. The number of alkyl carbamates (subject to hydrolysis) is 1. The molecule has 1 aliphatic heterocycles. The summed E-state index contributed by atoms with van der Waals surface area (Å²) in [5.41, 5.74) is 1.41. The van der Waals surface area contributed by atoms with Crippen molar-refractivity contribution in [3.05, 3.63) is 36.0 Å². The fourth-order valence-corrected chi connectivity index (χ4v) is 2.68. The van der Waals surface area contributed by atoms with Gasteiger partial charge in [-0.2, -0.15) is 0 Å². The van der Waals surface area contributed by atoms with E-state index in [1.807, 2.05) is 51.2 Å². The van der Waals surface area contributed by atoms with E-state index in [0.717, 1.165) is 16.5 Å². The average Bonchev–Trinajstić information content (AvgIpc) is 3.10. The number of cyclic esters (lactones) is 1. The maximum absolute atomic E-state index is 12.5. The minimum atomic E-state index is -0.520. The van der Waals surface area contributed by atoms with Gasteiger partial charge in [0.2, 0.25) is 5.91 Å². The number of carbonyl (C=O) groups is 2.